The Morgan fingerprint density at radius 2 is 1.88 bits per heavy atom. The number of amides is 1. The van der Waals surface area contributed by atoms with Gasteiger partial charge in [0.2, 0.25) is 0 Å². The molecule has 1 fully saturated rings. The van der Waals surface area contributed by atoms with E-state index < -0.39 is 5.60 Å². The largest absolute Gasteiger partial charge is 0.444 e. The third-order valence-corrected chi connectivity index (χ3v) is 5.23. The van der Waals surface area contributed by atoms with Gasteiger partial charge in [-0.25, -0.2) is 14.5 Å². The van der Waals surface area contributed by atoms with E-state index in [-0.39, 0.29) is 12.1 Å². The molecule has 3 N–H and O–H groups in total. The lowest BCUT2D eigenvalue weighted by molar-refractivity contribution is 0.0490. The molecule has 1 amide bonds. The van der Waals surface area contributed by atoms with Crippen molar-refractivity contribution in [2.75, 3.05) is 6.54 Å². The normalized spacial score (nSPS) is 19.3. The van der Waals surface area contributed by atoms with Gasteiger partial charge in [0.15, 0.2) is 5.96 Å². The Morgan fingerprint density at radius 3 is 2.50 bits per heavy atom. The molecule has 1 saturated carbocycles. The molecule has 32 heavy (non-hydrogen) atoms. The third-order valence-electron chi connectivity index (χ3n) is 5.23. The Kier molecular flexibility index (Phi) is 8.14. The molecule has 8 nitrogen and oxygen atoms in total. The first-order valence-corrected chi connectivity index (χ1v) is 11.5. The lowest BCUT2D eigenvalue weighted by atomic mass is 9.91. The summed E-state index contributed by atoms with van der Waals surface area (Å²) in [4.78, 5) is 16.8. The van der Waals surface area contributed by atoms with Crippen molar-refractivity contribution in [2.45, 2.75) is 77.6 Å². The zero-order chi connectivity index (χ0) is 23.0. The molecule has 0 spiro atoms. The predicted octanol–water partition coefficient (Wildman–Crippen LogP) is 3.76. The van der Waals surface area contributed by atoms with Gasteiger partial charge in [-0.15, -0.1) is 0 Å². The molecule has 0 atom stereocenters. The van der Waals surface area contributed by atoms with Crippen LogP contribution in [0.4, 0.5) is 4.79 Å². The number of hydrogen-bond acceptors (Lipinski definition) is 4. The summed E-state index contributed by atoms with van der Waals surface area (Å²) in [6, 6.07) is 10.7. The van der Waals surface area contributed by atoms with Gasteiger partial charge in [0.1, 0.15) is 5.60 Å². The lowest BCUT2D eigenvalue weighted by Crippen LogP contribution is -2.48. The van der Waals surface area contributed by atoms with E-state index in [2.05, 4.69) is 40.1 Å². The fourth-order valence-corrected chi connectivity index (χ4v) is 3.76. The number of ether oxygens (including phenoxy) is 1. The Balaban J connectivity index is 1.51. The van der Waals surface area contributed by atoms with E-state index >= 15 is 0 Å². The number of carbonyl (C=O) groups is 1. The number of nitrogens with zero attached hydrogens (tertiary/aromatic N) is 3. The van der Waals surface area contributed by atoms with Gasteiger partial charge in [-0.05, 0) is 77.1 Å². The maximum absolute atomic E-state index is 12.0. The van der Waals surface area contributed by atoms with Crippen LogP contribution in [0.1, 0.15) is 58.9 Å². The Hall–Kier alpha value is -3.03. The van der Waals surface area contributed by atoms with E-state index in [0.29, 0.717) is 12.6 Å². The molecule has 1 aromatic carbocycles. The van der Waals surface area contributed by atoms with Gasteiger partial charge >= 0.3 is 6.09 Å². The van der Waals surface area contributed by atoms with Crippen molar-refractivity contribution in [3.05, 3.63) is 48.3 Å². The molecular formula is C24H36N6O2. The Morgan fingerprint density at radius 1 is 1.16 bits per heavy atom. The highest BCUT2D eigenvalue weighted by Crippen LogP contribution is 2.19. The molecule has 1 aliphatic carbocycles. The number of guanidine groups is 1. The SMILES string of the molecule is CCNC(=NCc1cccc(-n2cccn2)c1)NC1CCC(NC(=O)OC(C)(C)C)CC1. The fourth-order valence-electron chi connectivity index (χ4n) is 3.76. The van der Waals surface area contributed by atoms with E-state index in [9.17, 15) is 4.79 Å². The van der Waals surface area contributed by atoms with E-state index in [0.717, 1.165) is 49.4 Å². The summed E-state index contributed by atoms with van der Waals surface area (Å²) >= 11 is 0. The molecule has 1 aromatic heterocycles. The molecule has 1 aliphatic rings. The maximum Gasteiger partial charge on any atom is 0.407 e. The van der Waals surface area contributed by atoms with Gasteiger partial charge in [-0.2, -0.15) is 5.10 Å². The standard InChI is InChI=1S/C24H36N6O2/c1-5-25-22(26-17-18-8-6-9-21(16-18)30-15-7-14-27-30)28-19-10-12-20(13-11-19)29-23(31)32-24(2,3)4/h6-9,14-16,19-20H,5,10-13,17H2,1-4H3,(H,29,31)(H2,25,26,28). The Bertz CT molecular complexity index is 880. The first-order valence-electron chi connectivity index (χ1n) is 11.5. The van der Waals surface area contributed by atoms with Crippen molar-refractivity contribution in [3.63, 3.8) is 0 Å². The summed E-state index contributed by atoms with van der Waals surface area (Å²) in [5, 5.41) is 14.2. The van der Waals surface area contributed by atoms with Crippen molar-refractivity contribution in [3.8, 4) is 5.69 Å². The summed E-state index contributed by atoms with van der Waals surface area (Å²) in [6.07, 6.45) is 7.16. The van der Waals surface area contributed by atoms with Crippen LogP contribution in [0, 0.1) is 0 Å². The average molecular weight is 441 g/mol. The van der Waals surface area contributed by atoms with Crippen LogP contribution in [-0.4, -0.2) is 46.1 Å². The number of benzene rings is 1. The van der Waals surface area contributed by atoms with Gasteiger partial charge < -0.3 is 20.7 Å². The van der Waals surface area contributed by atoms with Gasteiger partial charge in [-0.1, -0.05) is 12.1 Å². The number of aliphatic imine (C=N–C) groups is 1. The van der Waals surface area contributed by atoms with Crippen LogP contribution in [-0.2, 0) is 11.3 Å². The molecule has 174 valence electrons. The van der Waals surface area contributed by atoms with Crippen LogP contribution in [0.25, 0.3) is 5.69 Å². The van der Waals surface area contributed by atoms with Crippen LogP contribution in [0.15, 0.2) is 47.7 Å². The van der Waals surface area contributed by atoms with E-state index in [1.807, 2.05) is 49.8 Å². The summed E-state index contributed by atoms with van der Waals surface area (Å²) in [5.41, 5.74) is 1.68. The number of nitrogens with one attached hydrogen (secondary N) is 3. The Labute approximate surface area is 190 Å². The summed E-state index contributed by atoms with van der Waals surface area (Å²) in [6.45, 7) is 9.08. The number of alkyl carbamates (subject to hydrolysis) is 1. The van der Waals surface area contributed by atoms with Crippen molar-refractivity contribution in [1.29, 1.82) is 0 Å². The minimum atomic E-state index is -0.474. The molecule has 0 radical (unpaired) electrons. The summed E-state index contributed by atoms with van der Waals surface area (Å²) < 4.78 is 7.22. The number of hydrogen-bond donors (Lipinski definition) is 3. The number of rotatable bonds is 6. The first kappa shape index (κ1) is 23.6. The quantitative estimate of drug-likeness (QED) is 0.470. The first-order chi connectivity index (χ1) is 15.3. The topological polar surface area (TPSA) is 92.6 Å². The second kappa shape index (κ2) is 11.0. The van der Waals surface area contributed by atoms with Gasteiger partial charge in [0.25, 0.3) is 0 Å². The van der Waals surface area contributed by atoms with E-state index in [1.54, 1.807) is 6.20 Å². The van der Waals surface area contributed by atoms with Crippen molar-refractivity contribution in [1.82, 2.24) is 25.7 Å². The predicted molar refractivity (Wildman–Crippen MR) is 127 cm³/mol. The van der Waals surface area contributed by atoms with Crippen LogP contribution < -0.4 is 16.0 Å². The van der Waals surface area contributed by atoms with Gasteiger partial charge in [-0.3, -0.25) is 0 Å². The van der Waals surface area contributed by atoms with Crippen molar-refractivity contribution in [2.24, 2.45) is 4.99 Å². The van der Waals surface area contributed by atoms with Crippen LogP contribution in [0.2, 0.25) is 0 Å². The van der Waals surface area contributed by atoms with E-state index in [4.69, 9.17) is 9.73 Å². The molecule has 1 heterocycles. The molecule has 8 heteroatoms. The minimum absolute atomic E-state index is 0.160. The number of aromatic nitrogens is 2. The fraction of sp³-hybridized carbons (Fsp3) is 0.542. The molecule has 0 saturated heterocycles. The second-order valence-electron chi connectivity index (χ2n) is 9.15. The highest BCUT2D eigenvalue weighted by molar-refractivity contribution is 5.80. The average Bonchev–Trinajstić information content (AvgIpc) is 3.27. The molecule has 2 aromatic rings. The minimum Gasteiger partial charge on any atom is -0.444 e. The van der Waals surface area contributed by atoms with Crippen LogP contribution >= 0.6 is 0 Å². The number of carbonyl (C=O) groups excluding carboxylic acids is 1. The van der Waals surface area contributed by atoms with Crippen LogP contribution in [0.3, 0.4) is 0 Å². The lowest BCUT2D eigenvalue weighted by Gasteiger charge is -2.31. The van der Waals surface area contributed by atoms with Crippen molar-refractivity contribution < 1.29 is 9.53 Å². The van der Waals surface area contributed by atoms with Gasteiger partial charge in [0.05, 0.1) is 12.2 Å². The van der Waals surface area contributed by atoms with Crippen molar-refractivity contribution >= 4 is 12.1 Å². The third kappa shape index (κ3) is 7.59. The van der Waals surface area contributed by atoms with Crippen LogP contribution in [0.5, 0.6) is 0 Å². The molecular weight excluding hydrogens is 404 g/mol. The zero-order valence-corrected chi connectivity index (χ0v) is 19.6. The highest BCUT2D eigenvalue weighted by Gasteiger charge is 2.25. The molecule has 0 bridgehead atoms. The molecule has 0 unspecified atom stereocenters. The van der Waals surface area contributed by atoms with Gasteiger partial charge in [0, 0.05) is 31.0 Å². The molecule has 0 aliphatic heterocycles. The van der Waals surface area contributed by atoms with E-state index in [1.165, 1.54) is 0 Å². The zero-order valence-electron chi connectivity index (χ0n) is 19.6. The molecule has 3 rings (SSSR count). The maximum atomic E-state index is 12.0. The summed E-state index contributed by atoms with van der Waals surface area (Å²) in [5.74, 6) is 0.820. The monoisotopic (exact) mass is 440 g/mol. The second-order valence-corrected chi connectivity index (χ2v) is 9.15. The smallest absolute Gasteiger partial charge is 0.407 e. The highest BCUT2D eigenvalue weighted by atomic mass is 16.6. The summed E-state index contributed by atoms with van der Waals surface area (Å²) in [7, 11) is 0.